The maximum absolute atomic E-state index is 12.7. The maximum atomic E-state index is 12.7. The van der Waals surface area contributed by atoms with Crippen LogP contribution in [0.2, 0.25) is 10.2 Å². The third-order valence-electron chi connectivity index (χ3n) is 5.30. The highest BCUT2D eigenvalue weighted by Gasteiger charge is 2.50. The molecule has 1 fully saturated rings. The summed E-state index contributed by atoms with van der Waals surface area (Å²) in [6.07, 6.45) is -0.116. The lowest BCUT2D eigenvalue weighted by Crippen LogP contribution is -2.61. The van der Waals surface area contributed by atoms with Crippen molar-refractivity contribution < 1.29 is 9.90 Å². The lowest BCUT2D eigenvalue weighted by atomic mass is 9.43. The number of carbonyl (C=O) groups excluding carboxylic acids is 1. The third kappa shape index (κ3) is 2.61. The Bertz CT molecular complexity index is 639. The van der Waals surface area contributed by atoms with Crippen LogP contribution >= 0.6 is 11.6 Å². The largest absolute Gasteiger partial charge is 0.385 e. The fraction of sp³-hybridized carbons (Fsp3) is 0.417. The van der Waals surface area contributed by atoms with Gasteiger partial charge in [0.1, 0.15) is 43.0 Å². The summed E-state index contributed by atoms with van der Waals surface area (Å²) in [6, 6.07) is 0. The number of carbonyl (C=O) groups is 1. The number of benzene rings is 1. The van der Waals surface area contributed by atoms with E-state index in [0.717, 1.165) is 21.9 Å². The number of aliphatic hydroxyl groups is 1. The highest BCUT2D eigenvalue weighted by molar-refractivity contribution is 6.65. The van der Waals surface area contributed by atoms with Crippen molar-refractivity contribution in [3.05, 3.63) is 10.6 Å². The van der Waals surface area contributed by atoms with Gasteiger partial charge in [-0.05, 0) is 18.4 Å². The molecule has 3 N–H and O–H groups in total. The number of nitrogens with two attached hydrogens (primary N) is 1. The predicted octanol–water partition coefficient (Wildman–Crippen LogP) is -7.37. The molecule has 10 heteroatoms. The first-order chi connectivity index (χ1) is 9.92. The molecule has 1 aromatic rings. The van der Waals surface area contributed by atoms with Crippen molar-refractivity contribution in [1.29, 1.82) is 0 Å². The van der Waals surface area contributed by atoms with Crippen molar-refractivity contribution in [2.45, 2.75) is 29.7 Å². The summed E-state index contributed by atoms with van der Waals surface area (Å²) < 4.78 is 0. The summed E-state index contributed by atoms with van der Waals surface area (Å²) in [7, 11) is 12.0. The molecule has 22 heavy (non-hydrogen) atoms. The number of Topliss-reactive ketones (excluding diaryl/α,β-unsaturated/α-hetero) is 1. The van der Waals surface area contributed by atoms with Gasteiger partial charge in [0.15, 0.2) is 5.78 Å². The van der Waals surface area contributed by atoms with E-state index < -0.39 is 11.6 Å². The maximum Gasteiger partial charge on any atom is 0.185 e. The fourth-order valence-electron chi connectivity index (χ4n) is 3.84. The highest BCUT2D eigenvalue weighted by Crippen LogP contribution is 2.44. The molecule has 1 aliphatic rings. The molecular formula is C12H20B6ClNO2. The summed E-state index contributed by atoms with van der Waals surface area (Å²) in [4.78, 5) is 12.7. The van der Waals surface area contributed by atoms with Crippen molar-refractivity contribution in [2.24, 2.45) is 5.73 Å². The van der Waals surface area contributed by atoms with Gasteiger partial charge in [-0.1, -0.05) is 27.7 Å². The minimum atomic E-state index is -1.23. The van der Waals surface area contributed by atoms with Gasteiger partial charge in [0.25, 0.3) is 0 Å². The molecule has 1 saturated carbocycles. The van der Waals surface area contributed by atoms with Crippen molar-refractivity contribution in [1.82, 2.24) is 0 Å². The van der Waals surface area contributed by atoms with Gasteiger partial charge in [-0.2, -0.15) is 0 Å². The van der Waals surface area contributed by atoms with Crippen LogP contribution in [0.1, 0.15) is 18.4 Å². The van der Waals surface area contributed by atoms with Crippen LogP contribution in [0, 0.1) is 0 Å². The molecule has 1 aliphatic carbocycles. The SMILES string of the molecule is Bc1c(B)c(B)c(C2(N)CC(B)(B)CC(O)C2=O)c(Cl)c1B. The number of ketones is 1. The Kier molecular flexibility index (Phi) is 4.49. The zero-order valence-electron chi connectivity index (χ0n) is 14.3. The highest BCUT2D eigenvalue weighted by atomic mass is 35.5. The van der Waals surface area contributed by atoms with E-state index in [1.54, 1.807) is 0 Å². The second kappa shape index (κ2) is 5.54. The smallest absolute Gasteiger partial charge is 0.185 e. The number of rotatable bonds is 1. The molecule has 0 amide bonds. The monoisotopic (exact) mass is 311 g/mol. The molecular weight excluding hydrogens is 290 g/mol. The summed E-state index contributed by atoms with van der Waals surface area (Å²) in [5.41, 5.74) is 10.2. The molecule has 0 aliphatic heterocycles. The van der Waals surface area contributed by atoms with Crippen LogP contribution in [0.25, 0.3) is 0 Å². The van der Waals surface area contributed by atoms with Gasteiger partial charge < -0.3 is 10.8 Å². The average molecular weight is 311 g/mol. The second-order valence-electron chi connectivity index (χ2n) is 7.59. The standard InChI is InChI=1S/C12H20B6ClNO2/c13-5-4(9(19)8(16)7(15)6(5)14)12(20)2-11(17,18)1-3(21)10(12)22/h3,21H,1-2,13-18,20H2. The van der Waals surface area contributed by atoms with E-state index in [4.69, 9.17) is 17.3 Å². The topological polar surface area (TPSA) is 63.3 Å². The van der Waals surface area contributed by atoms with Gasteiger partial charge in [-0.3, -0.25) is 4.79 Å². The second-order valence-corrected chi connectivity index (χ2v) is 7.96. The van der Waals surface area contributed by atoms with Crippen LogP contribution < -0.4 is 27.6 Å². The molecule has 0 spiro atoms. The van der Waals surface area contributed by atoms with E-state index in [1.165, 1.54) is 0 Å². The van der Waals surface area contributed by atoms with Gasteiger partial charge >= 0.3 is 0 Å². The molecule has 0 aromatic heterocycles. The summed E-state index contributed by atoms with van der Waals surface area (Å²) in [5, 5.41) is 10.6. The van der Waals surface area contributed by atoms with Gasteiger partial charge in [0.2, 0.25) is 0 Å². The summed E-state index contributed by atoms with van der Waals surface area (Å²) in [5.74, 6) is -0.320. The fourth-order valence-corrected chi connectivity index (χ4v) is 4.29. The zero-order valence-corrected chi connectivity index (χ0v) is 15.1. The molecule has 2 unspecified atom stereocenters. The van der Waals surface area contributed by atoms with E-state index in [0.29, 0.717) is 23.4 Å². The molecule has 110 valence electrons. The van der Waals surface area contributed by atoms with Crippen LogP contribution in [0.4, 0.5) is 0 Å². The normalized spacial score (nSPS) is 27.8. The van der Waals surface area contributed by atoms with E-state index in [1.807, 2.05) is 47.1 Å². The Morgan fingerprint density at radius 2 is 1.59 bits per heavy atom. The first-order valence-electron chi connectivity index (χ1n) is 7.70. The Balaban J connectivity index is 2.76. The minimum Gasteiger partial charge on any atom is -0.385 e. The van der Waals surface area contributed by atoms with Gasteiger partial charge in [0, 0.05) is 5.02 Å². The number of halogens is 1. The molecule has 2 rings (SSSR count). The van der Waals surface area contributed by atoms with E-state index >= 15 is 0 Å². The number of hydrogen-bond donors (Lipinski definition) is 2. The van der Waals surface area contributed by atoms with Crippen molar-refractivity contribution >= 4 is 86.3 Å². The lowest BCUT2D eigenvalue weighted by molar-refractivity contribution is -0.136. The molecule has 0 bridgehead atoms. The van der Waals surface area contributed by atoms with Gasteiger partial charge in [-0.25, -0.2) is 0 Å². The molecule has 0 saturated heterocycles. The number of hydrogen-bond acceptors (Lipinski definition) is 3. The molecule has 1 aromatic carbocycles. The van der Waals surface area contributed by atoms with Crippen LogP contribution in [0.15, 0.2) is 0 Å². The first-order valence-corrected chi connectivity index (χ1v) is 8.08. The van der Waals surface area contributed by atoms with E-state index in [9.17, 15) is 9.90 Å². The molecule has 0 heterocycles. The molecule has 3 nitrogen and oxygen atoms in total. The van der Waals surface area contributed by atoms with Crippen LogP contribution in [0.5, 0.6) is 0 Å². The Hall–Kier alpha value is -0.510. The van der Waals surface area contributed by atoms with E-state index in [2.05, 4.69) is 0 Å². The van der Waals surface area contributed by atoms with Crippen molar-refractivity contribution in [3.63, 3.8) is 0 Å². The Labute approximate surface area is 142 Å². The summed E-state index contributed by atoms with van der Waals surface area (Å²) in [6.45, 7) is 0. The Morgan fingerprint density at radius 3 is 2.14 bits per heavy atom. The lowest BCUT2D eigenvalue weighted by Gasteiger charge is -2.45. The molecule has 2 atom stereocenters. The van der Waals surface area contributed by atoms with E-state index in [-0.39, 0.29) is 11.0 Å². The quantitative estimate of drug-likeness (QED) is 0.507. The van der Waals surface area contributed by atoms with Gasteiger partial charge in [0.05, 0.1) is 15.7 Å². The van der Waals surface area contributed by atoms with Crippen LogP contribution in [-0.2, 0) is 10.3 Å². The number of aliphatic hydroxyl groups excluding tert-OH is 1. The van der Waals surface area contributed by atoms with Crippen LogP contribution in [0.3, 0.4) is 0 Å². The first kappa shape index (κ1) is 17.8. The van der Waals surface area contributed by atoms with Gasteiger partial charge in [-0.15, -0.1) is 10.9 Å². The minimum absolute atomic E-state index is 0.218. The predicted molar refractivity (Wildman–Crippen MR) is 110 cm³/mol. The van der Waals surface area contributed by atoms with Crippen LogP contribution in [-0.4, -0.2) is 64.1 Å². The molecule has 0 radical (unpaired) electrons. The Morgan fingerprint density at radius 1 is 1.09 bits per heavy atom. The zero-order chi connectivity index (χ0) is 17.0. The summed E-state index contributed by atoms with van der Waals surface area (Å²) >= 11 is 6.59. The van der Waals surface area contributed by atoms with Crippen molar-refractivity contribution in [2.75, 3.05) is 0 Å². The van der Waals surface area contributed by atoms with Crippen molar-refractivity contribution in [3.8, 4) is 0 Å². The average Bonchev–Trinajstić information content (AvgIpc) is 2.39. The third-order valence-corrected chi connectivity index (χ3v) is 5.78.